The van der Waals surface area contributed by atoms with Crippen LogP contribution in [0.1, 0.15) is 23.2 Å². The number of hydrogen-bond acceptors (Lipinski definition) is 2. The minimum absolute atomic E-state index is 0.000754. The maximum Gasteiger partial charge on any atom is 0.248 e. The molecule has 0 aliphatic heterocycles. The van der Waals surface area contributed by atoms with Gasteiger partial charge in [0.2, 0.25) is 5.56 Å². The van der Waals surface area contributed by atoms with Crippen LogP contribution in [0.3, 0.4) is 0 Å². The Bertz CT molecular complexity index is 660. The number of aromatic amines is 1. The molecule has 0 amide bonds. The summed E-state index contributed by atoms with van der Waals surface area (Å²) in [6, 6.07) is 14.3. The van der Waals surface area contributed by atoms with Gasteiger partial charge in [0.05, 0.1) is 0 Å². The lowest BCUT2D eigenvalue weighted by atomic mass is 9.74. The van der Waals surface area contributed by atoms with E-state index < -0.39 is 0 Å². The molecular weight excluding hydrogens is 248 g/mol. The van der Waals surface area contributed by atoms with E-state index in [0.717, 1.165) is 25.0 Å². The van der Waals surface area contributed by atoms with Crippen LogP contribution in [0.2, 0.25) is 0 Å². The molecular formula is C17H20N2O. The fourth-order valence-electron chi connectivity index (χ4n) is 3.31. The summed E-state index contributed by atoms with van der Waals surface area (Å²) in [5.74, 6) is 0. The normalized spacial score (nSPS) is 21.8. The van der Waals surface area contributed by atoms with Crippen molar-refractivity contribution < 1.29 is 0 Å². The largest absolute Gasteiger partial charge is 0.326 e. The van der Waals surface area contributed by atoms with Gasteiger partial charge in [-0.25, -0.2) is 0 Å². The minimum atomic E-state index is 0.000754. The molecule has 1 N–H and O–H groups in total. The van der Waals surface area contributed by atoms with Crippen molar-refractivity contribution in [2.45, 2.75) is 24.8 Å². The molecule has 3 rings (SSSR count). The standard InChI is InChI=1S/C17H20N2O/c1-19(2)17(14-6-4-3-5-7-14)11-10-15-13(12-17)8-9-16(20)18-15/h3-9H,10-12H2,1-2H3,(H,18,20). The molecule has 1 aromatic carbocycles. The number of hydrogen-bond donors (Lipinski definition) is 1. The average Bonchev–Trinajstić information content (AvgIpc) is 2.47. The SMILES string of the molecule is CN(C)C1(c2ccccc2)CCc2[nH]c(=O)ccc2C1. The number of nitrogens with one attached hydrogen (secondary N) is 1. The molecule has 0 spiro atoms. The molecule has 3 nitrogen and oxygen atoms in total. The van der Waals surface area contributed by atoms with Crippen LogP contribution >= 0.6 is 0 Å². The van der Waals surface area contributed by atoms with Crippen molar-refractivity contribution in [3.05, 3.63) is 69.6 Å². The number of fused-ring (bicyclic) bond motifs is 1. The van der Waals surface area contributed by atoms with Crippen molar-refractivity contribution in [3.63, 3.8) is 0 Å². The number of pyridine rings is 1. The number of likely N-dealkylation sites (N-methyl/N-ethyl adjacent to an activating group) is 1. The van der Waals surface area contributed by atoms with Crippen LogP contribution in [0.5, 0.6) is 0 Å². The van der Waals surface area contributed by atoms with Gasteiger partial charge >= 0.3 is 0 Å². The Morgan fingerprint density at radius 3 is 2.55 bits per heavy atom. The van der Waals surface area contributed by atoms with Crippen LogP contribution in [-0.2, 0) is 18.4 Å². The lowest BCUT2D eigenvalue weighted by molar-refractivity contribution is 0.129. The van der Waals surface area contributed by atoms with Gasteiger partial charge in [0.1, 0.15) is 0 Å². The van der Waals surface area contributed by atoms with E-state index in [1.165, 1.54) is 11.1 Å². The van der Waals surface area contributed by atoms with Crippen molar-refractivity contribution in [1.82, 2.24) is 9.88 Å². The van der Waals surface area contributed by atoms with Crippen LogP contribution in [0.15, 0.2) is 47.3 Å². The highest BCUT2D eigenvalue weighted by Crippen LogP contribution is 2.39. The number of aromatic nitrogens is 1. The average molecular weight is 268 g/mol. The molecule has 20 heavy (non-hydrogen) atoms. The van der Waals surface area contributed by atoms with Gasteiger partial charge in [0.15, 0.2) is 0 Å². The quantitative estimate of drug-likeness (QED) is 0.907. The second-order valence-electron chi connectivity index (χ2n) is 5.80. The lowest BCUT2D eigenvalue weighted by Crippen LogP contribution is -2.46. The van der Waals surface area contributed by atoms with Gasteiger partial charge in [-0.1, -0.05) is 36.4 Å². The smallest absolute Gasteiger partial charge is 0.248 e. The molecule has 3 heteroatoms. The van der Waals surface area contributed by atoms with E-state index in [-0.39, 0.29) is 11.1 Å². The monoisotopic (exact) mass is 268 g/mol. The molecule has 1 aliphatic rings. The number of H-pyrrole nitrogens is 1. The van der Waals surface area contributed by atoms with Crippen LogP contribution in [0, 0.1) is 0 Å². The van der Waals surface area contributed by atoms with E-state index >= 15 is 0 Å². The van der Waals surface area contributed by atoms with Gasteiger partial charge in [-0.15, -0.1) is 0 Å². The fourth-order valence-corrected chi connectivity index (χ4v) is 3.31. The van der Waals surface area contributed by atoms with Crippen molar-refractivity contribution in [2.24, 2.45) is 0 Å². The Morgan fingerprint density at radius 1 is 1.10 bits per heavy atom. The summed E-state index contributed by atoms with van der Waals surface area (Å²) in [5.41, 5.74) is 3.73. The summed E-state index contributed by atoms with van der Waals surface area (Å²) in [6.07, 6.45) is 2.88. The first-order chi connectivity index (χ1) is 9.62. The fraction of sp³-hybridized carbons (Fsp3) is 0.353. The van der Waals surface area contributed by atoms with E-state index in [1.54, 1.807) is 6.07 Å². The maximum atomic E-state index is 11.4. The number of aryl methyl sites for hydroxylation is 1. The molecule has 1 aliphatic carbocycles. The van der Waals surface area contributed by atoms with Crippen molar-refractivity contribution in [1.29, 1.82) is 0 Å². The molecule has 1 unspecified atom stereocenters. The first-order valence-corrected chi connectivity index (χ1v) is 7.06. The highest BCUT2D eigenvalue weighted by atomic mass is 16.1. The predicted octanol–water partition coefficient (Wildman–Crippen LogP) is 2.32. The molecule has 1 atom stereocenters. The van der Waals surface area contributed by atoms with Crippen molar-refractivity contribution in [3.8, 4) is 0 Å². The summed E-state index contributed by atoms with van der Waals surface area (Å²) >= 11 is 0. The molecule has 0 fully saturated rings. The zero-order valence-electron chi connectivity index (χ0n) is 12.0. The van der Waals surface area contributed by atoms with Gasteiger partial charge in [0, 0.05) is 17.3 Å². The number of rotatable bonds is 2. The van der Waals surface area contributed by atoms with Gasteiger partial charge in [-0.2, -0.15) is 0 Å². The lowest BCUT2D eigenvalue weighted by Gasteiger charge is -2.44. The molecule has 2 aromatic rings. The highest BCUT2D eigenvalue weighted by molar-refractivity contribution is 5.34. The first kappa shape index (κ1) is 13.1. The van der Waals surface area contributed by atoms with Gasteiger partial charge in [-0.05, 0) is 44.5 Å². The van der Waals surface area contributed by atoms with Crippen molar-refractivity contribution in [2.75, 3.05) is 14.1 Å². The number of nitrogens with zero attached hydrogens (tertiary/aromatic N) is 1. The summed E-state index contributed by atoms with van der Waals surface area (Å²) in [6.45, 7) is 0. The Hall–Kier alpha value is -1.87. The Labute approximate surface area is 119 Å². The van der Waals surface area contributed by atoms with Crippen LogP contribution in [0.25, 0.3) is 0 Å². The van der Waals surface area contributed by atoms with Crippen molar-refractivity contribution >= 4 is 0 Å². The summed E-state index contributed by atoms with van der Waals surface area (Å²) in [5, 5.41) is 0. The van der Waals surface area contributed by atoms with E-state index in [0.29, 0.717) is 0 Å². The van der Waals surface area contributed by atoms with Gasteiger partial charge < -0.3 is 4.98 Å². The molecule has 0 bridgehead atoms. The van der Waals surface area contributed by atoms with E-state index in [9.17, 15) is 4.79 Å². The van der Waals surface area contributed by atoms with Gasteiger partial charge in [-0.3, -0.25) is 9.69 Å². The Kier molecular flexibility index (Phi) is 3.22. The molecule has 104 valence electrons. The molecule has 1 aromatic heterocycles. The molecule has 0 saturated heterocycles. The second kappa shape index (κ2) is 4.91. The third-order valence-corrected chi connectivity index (χ3v) is 4.54. The first-order valence-electron chi connectivity index (χ1n) is 7.06. The summed E-state index contributed by atoms with van der Waals surface area (Å²) < 4.78 is 0. The van der Waals surface area contributed by atoms with Crippen LogP contribution in [-0.4, -0.2) is 24.0 Å². The second-order valence-corrected chi connectivity index (χ2v) is 5.80. The Morgan fingerprint density at radius 2 is 1.85 bits per heavy atom. The van der Waals surface area contributed by atoms with E-state index in [4.69, 9.17) is 0 Å². The zero-order chi connectivity index (χ0) is 14.2. The third kappa shape index (κ3) is 2.08. The van der Waals surface area contributed by atoms with Crippen LogP contribution in [0.4, 0.5) is 0 Å². The Balaban J connectivity index is 2.07. The summed E-state index contributed by atoms with van der Waals surface area (Å²) in [4.78, 5) is 16.7. The number of benzene rings is 1. The minimum Gasteiger partial charge on any atom is -0.326 e. The maximum absolute atomic E-state index is 11.4. The van der Waals surface area contributed by atoms with Gasteiger partial charge in [0.25, 0.3) is 0 Å². The van der Waals surface area contributed by atoms with E-state index in [2.05, 4.69) is 54.3 Å². The topological polar surface area (TPSA) is 36.1 Å². The zero-order valence-corrected chi connectivity index (χ0v) is 12.0. The highest BCUT2D eigenvalue weighted by Gasteiger charge is 2.38. The van der Waals surface area contributed by atoms with Crippen LogP contribution < -0.4 is 5.56 Å². The third-order valence-electron chi connectivity index (χ3n) is 4.54. The molecule has 1 heterocycles. The predicted molar refractivity (Wildman–Crippen MR) is 80.9 cm³/mol. The summed E-state index contributed by atoms with van der Waals surface area (Å²) in [7, 11) is 4.29. The molecule has 0 radical (unpaired) electrons. The molecule has 0 saturated carbocycles. The van der Waals surface area contributed by atoms with E-state index in [1.807, 2.05) is 6.07 Å².